The van der Waals surface area contributed by atoms with Crippen LogP contribution in [-0.2, 0) is 16.4 Å². The Bertz CT molecular complexity index is 785. The Morgan fingerprint density at radius 3 is 2.62 bits per heavy atom. The molecule has 1 aromatic heterocycles. The molecule has 0 N–H and O–H groups in total. The number of likely N-dealkylation sites (tertiary alicyclic amines) is 1. The van der Waals surface area contributed by atoms with Gasteiger partial charge < -0.3 is 0 Å². The zero-order valence-electron chi connectivity index (χ0n) is 14.1. The molecule has 1 atom stereocenters. The van der Waals surface area contributed by atoms with E-state index in [1.807, 2.05) is 0 Å². The second-order valence-corrected chi connectivity index (χ2v) is 8.60. The third-order valence-corrected chi connectivity index (χ3v) is 5.65. The van der Waals surface area contributed by atoms with Gasteiger partial charge >= 0.3 is 0 Å². The number of aromatic nitrogens is 4. The van der Waals surface area contributed by atoms with E-state index < -0.39 is 9.84 Å². The van der Waals surface area contributed by atoms with Gasteiger partial charge in [-0.15, -0.1) is 5.10 Å². The number of rotatable bonds is 4. The molecule has 1 saturated heterocycles. The molecule has 0 saturated carbocycles. The molecule has 0 aliphatic carbocycles. The van der Waals surface area contributed by atoms with Gasteiger partial charge in [-0.1, -0.05) is 6.92 Å². The zero-order chi connectivity index (χ0) is 17.2. The largest absolute Gasteiger partial charge is 0.296 e. The van der Waals surface area contributed by atoms with Gasteiger partial charge in [0.05, 0.1) is 17.1 Å². The third-order valence-electron chi connectivity index (χ3n) is 4.52. The van der Waals surface area contributed by atoms with Crippen LogP contribution in [0.4, 0.5) is 0 Å². The summed E-state index contributed by atoms with van der Waals surface area (Å²) in [6, 6.07) is 6.65. The van der Waals surface area contributed by atoms with Gasteiger partial charge in [-0.05, 0) is 73.0 Å². The Labute approximate surface area is 142 Å². The maximum absolute atomic E-state index is 11.6. The summed E-state index contributed by atoms with van der Waals surface area (Å²) in [6.07, 6.45) is 4.87. The first-order valence-electron chi connectivity index (χ1n) is 8.23. The van der Waals surface area contributed by atoms with Crippen molar-refractivity contribution < 1.29 is 8.42 Å². The van der Waals surface area contributed by atoms with Crippen LogP contribution < -0.4 is 0 Å². The molecule has 130 valence electrons. The second-order valence-electron chi connectivity index (χ2n) is 6.59. The van der Waals surface area contributed by atoms with E-state index in [1.54, 1.807) is 28.9 Å². The van der Waals surface area contributed by atoms with E-state index in [0.717, 1.165) is 30.5 Å². The minimum atomic E-state index is -3.20. The fourth-order valence-electron chi connectivity index (χ4n) is 3.02. The van der Waals surface area contributed by atoms with Crippen LogP contribution in [0.2, 0.25) is 0 Å². The molecule has 2 aromatic rings. The van der Waals surface area contributed by atoms with Gasteiger partial charge in [-0.3, -0.25) is 4.90 Å². The van der Waals surface area contributed by atoms with E-state index in [0.29, 0.717) is 11.4 Å². The molecule has 8 heteroatoms. The van der Waals surface area contributed by atoms with Crippen LogP contribution in [0.3, 0.4) is 0 Å². The van der Waals surface area contributed by atoms with Crippen molar-refractivity contribution in [3.8, 4) is 5.69 Å². The molecule has 0 spiro atoms. The fourth-order valence-corrected chi connectivity index (χ4v) is 3.65. The first kappa shape index (κ1) is 17.0. The summed E-state index contributed by atoms with van der Waals surface area (Å²) in [5.74, 6) is 1.55. The number of hydrogen-bond acceptors (Lipinski definition) is 6. The maximum atomic E-state index is 11.6. The molecule has 0 amide bonds. The van der Waals surface area contributed by atoms with Crippen LogP contribution in [0.15, 0.2) is 29.2 Å². The lowest BCUT2D eigenvalue weighted by Crippen LogP contribution is -2.26. The van der Waals surface area contributed by atoms with Crippen molar-refractivity contribution in [3.63, 3.8) is 0 Å². The maximum Gasteiger partial charge on any atom is 0.175 e. The molecule has 2 heterocycles. The van der Waals surface area contributed by atoms with Crippen LogP contribution in [0.25, 0.3) is 5.69 Å². The van der Waals surface area contributed by atoms with E-state index in [4.69, 9.17) is 0 Å². The highest BCUT2D eigenvalue weighted by Gasteiger charge is 2.17. The van der Waals surface area contributed by atoms with E-state index >= 15 is 0 Å². The van der Waals surface area contributed by atoms with Crippen molar-refractivity contribution in [1.29, 1.82) is 0 Å². The Kier molecular flexibility index (Phi) is 4.96. The summed E-state index contributed by atoms with van der Waals surface area (Å²) < 4.78 is 24.8. The first-order chi connectivity index (χ1) is 11.4. The minimum Gasteiger partial charge on any atom is -0.296 e. The number of hydrogen-bond donors (Lipinski definition) is 0. The topological polar surface area (TPSA) is 81.0 Å². The van der Waals surface area contributed by atoms with Crippen LogP contribution in [0, 0.1) is 5.92 Å². The quantitative estimate of drug-likeness (QED) is 0.835. The number of nitrogens with zero attached hydrogens (tertiary/aromatic N) is 5. The highest BCUT2D eigenvalue weighted by atomic mass is 32.2. The van der Waals surface area contributed by atoms with Crippen LogP contribution in [-0.4, -0.2) is 52.9 Å². The van der Waals surface area contributed by atoms with Gasteiger partial charge in [-0.2, -0.15) is 4.68 Å². The van der Waals surface area contributed by atoms with Crippen molar-refractivity contribution in [3.05, 3.63) is 30.1 Å². The highest BCUT2D eigenvalue weighted by molar-refractivity contribution is 7.90. The smallest absolute Gasteiger partial charge is 0.175 e. The predicted octanol–water partition coefficient (Wildman–Crippen LogP) is 1.69. The average molecular weight is 349 g/mol. The average Bonchev–Trinajstić information content (AvgIpc) is 2.90. The fraction of sp³-hybridized carbons (Fsp3) is 0.562. The van der Waals surface area contributed by atoms with E-state index in [2.05, 4.69) is 27.3 Å². The Balaban J connectivity index is 1.77. The third kappa shape index (κ3) is 3.99. The minimum absolute atomic E-state index is 0.294. The molecule has 24 heavy (non-hydrogen) atoms. The van der Waals surface area contributed by atoms with Gasteiger partial charge in [-0.25, -0.2) is 8.42 Å². The van der Waals surface area contributed by atoms with E-state index in [9.17, 15) is 8.42 Å². The summed E-state index contributed by atoms with van der Waals surface area (Å²) in [6.45, 7) is 5.12. The van der Waals surface area contributed by atoms with E-state index in [-0.39, 0.29) is 0 Å². The summed E-state index contributed by atoms with van der Waals surface area (Å²) in [5, 5.41) is 12.0. The first-order valence-corrected chi connectivity index (χ1v) is 10.1. The van der Waals surface area contributed by atoms with Crippen molar-refractivity contribution >= 4 is 9.84 Å². The number of benzene rings is 1. The standard InChI is InChI=1S/C16H23N5O2S/c1-13-4-3-10-20(11-9-13)12-16-17-18-19-21(16)14-5-7-15(8-6-14)24(2,22)23/h5-8,13H,3-4,9-12H2,1-2H3/t13-/m1/s1. The lowest BCUT2D eigenvalue weighted by molar-refractivity contribution is 0.264. The molecular weight excluding hydrogens is 326 g/mol. The summed E-state index contributed by atoms with van der Waals surface area (Å²) in [7, 11) is -3.20. The lowest BCUT2D eigenvalue weighted by atomic mass is 10.0. The van der Waals surface area contributed by atoms with Crippen LogP contribution >= 0.6 is 0 Å². The second kappa shape index (κ2) is 6.98. The molecule has 1 aliphatic heterocycles. The number of sulfone groups is 1. The summed E-state index contributed by atoms with van der Waals surface area (Å²) in [5.41, 5.74) is 0.769. The molecular formula is C16H23N5O2S. The Hall–Kier alpha value is -1.80. The highest BCUT2D eigenvalue weighted by Crippen LogP contribution is 2.19. The molecule has 0 unspecified atom stereocenters. The van der Waals surface area contributed by atoms with E-state index in [1.165, 1.54) is 25.5 Å². The summed E-state index contributed by atoms with van der Waals surface area (Å²) in [4.78, 5) is 2.68. The predicted molar refractivity (Wildman–Crippen MR) is 90.6 cm³/mol. The number of tetrazole rings is 1. The lowest BCUT2D eigenvalue weighted by Gasteiger charge is -2.19. The molecule has 0 radical (unpaired) electrons. The van der Waals surface area contributed by atoms with Gasteiger partial charge in [0.2, 0.25) is 0 Å². The molecule has 1 aliphatic rings. The summed E-state index contributed by atoms with van der Waals surface area (Å²) >= 11 is 0. The van der Waals surface area contributed by atoms with Gasteiger partial charge in [0.25, 0.3) is 0 Å². The molecule has 0 bridgehead atoms. The van der Waals surface area contributed by atoms with Crippen molar-refractivity contribution in [2.45, 2.75) is 37.6 Å². The SMILES string of the molecule is C[C@@H]1CCCN(Cc2nnnn2-c2ccc(S(C)(=O)=O)cc2)CC1. The molecule has 3 rings (SSSR count). The molecule has 7 nitrogen and oxygen atoms in total. The van der Waals surface area contributed by atoms with Crippen LogP contribution in [0.1, 0.15) is 32.0 Å². The van der Waals surface area contributed by atoms with Crippen LogP contribution in [0.5, 0.6) is 0 Å². The Morgan fingerprint density at radius 1 is 1.17 bits per heavy atom. The molecule has 1 aromatic carbocycles. The van der Waals surface area contributed by atoms with Crippen molar-refractivity contribution in [2.75, 3.05) is 19.3 Å². The van der Waals surface area contributed by atoms with Crippen molar-refractivity contribution in [1.82, 2.24) is 25.1 Å². The zero-order valence-corrected chi connectivity index (χ0v) is 14.9. The Morgan fingerprint density at radius 2 is 1.92 bits per heavy atom. The van der Waals surface area contributed by atoms with Gasteiger partial charge in [0.15, 0.2) is 15.7 Å². The van der Waals surface area contributed by atoms with Gasteiger partial charge in [0.1, 0.15) is 0 Å². The van der Waals surface area contributed by atoms with Crippen molar-refractivity contribution in [2.24, 2.45) is 5.92 Å². The van der Waals surface area contributed by atoms with Gasteiger partial charge in [0, 0.05) is 6.26 Å². The monoisotopic (exact) mass is 349 g/mol. The normalized spacial score (nSPS) is 20.0. The molecule has 1 fully saturated rings.